The van der Waals surface area contributed by atoms with Crippen LogP contribution < -0.4 is 11.1 Å². The first-order valence-corrected chi connectivity index (χ1v) is 7.40. The molecule has 1 unspecified atom stereocenters. The fourth-order valence-corrected chi connectivity index (χ4v) is 2.43. The smallest absolute Gasteiger partial charge is 0.247 e. The number of primary amides is 1. The second kappa shape index (κ2) is 5.83. The molecule has 0 aliphatic carbocycles. The van der Waals surface area contributed by atoms with Crippen LogP contribution in [0.3, 0.4) is 0 Å². The Morgan fingerprint density at radius 1 is 1.20 bits per heavy atom. The van der Waals surface area contributed by atoms with Crippen LogP contribution in [0.4, 0.5) is 5.69 Å². The summed E-state index contributed by atoms with van der Waals surface area (Å²) in [6, 6.07) is 15.7. The van der Waals surface area contributed by atoms with Crippen LogP contribution in [0.15, 0.2) is 48.5 Å². The van der Waals surface area contributed by atoms with Gasteiger partial charge in [0.2, 0.25) is 5.91 Å². The predicted octanol–water partition coefficient (Wildman–Crippen LogP) is 3.41. The van der Waals surface area contributed by atoms with Crippen LogP contribution in [0.1, 0.15) is 18.1 Å². The van der Waals surface area contributed by atoms with Crippen LogP contribution in [0.5, 0.6) is 0 Å². The summed E-state index contributed by atoms with van der Waals surface area (Å²) >= 11 is 2.23. The molecule has 2 aromatic carbocycles. The van der Waals surface area contributed by atoms with E-state index in [0.717, 1.165) is 20.4 Å². The molecule has 0 heterocycles. The van der Waals surface area contributed by atoms with Gasteiger partial charge in [0.05, 0.1) is 0 Å². The third-order valence-corrected chi connectivity index (χ3v) is 4.05. The van der Waals surface area contributed by atoms with E-state index in [1.807, 2.05) is 55.5 Å². The zero-order valence-corrected chi connectivity index (χ0v) is 13.6. The molecule has 1 atom stereocenters. The molecule has 4 heteroatoms. The van der Waals surface area contributed by atoms with Crippen molar-refractivity contribution in [3.8, 4) is 0 Å². The zero-order chi connectivity index (χ0) is 14.8. The van der Waals surface area contributed by atoms with Crippen molar-refractivity contribution in [1.29, 1.82) is 0 Å². The van der Waals surface area contributed by atoms with Gasteiger partial charge in [-0.3, -0.25) is 4.79 Å². The second-order valence-electron chi connectivity index (χ2n) is 4.99. The Kier molecular flexibility index (Phi) is 4.32. The Balaban J connectivity index is 2.39. The summed E-state index contributed by atoms with van der Waals surface area (Å²) in [6.45, 7) is 3.82. The van der Waals surface area contributed by atoms with Crippen LogP contribution in [0.2, 0.25) is 0 Å². The van der Waals surface area contributed by atoms with Gasteiger partial charge in [-0.2, -0.15) is 0 Å². The van der Waals surface area contributed by atoms with Gasteiger partial charge in [0.25, 0.3) is 0 Å². The van der Waals surface area contributed by atoms with E-state index in [1.54, 1.807) is 6.92 Å². The molecule has 3 N–H and O–H groups in total. The predicted molar refractivity (Wildman–Crippen MR) is 90.5 cm³/mol. The van der Waals surface area contributed by atoms with E-state index < -0.39 is 11.4 Å². The number of benzene rings is 2. The number of halogens is 1. The molecule has 0 spiro atoms. The molecule has 104 valence electrons. The summed E-state index contributed by atoms with van der Waals surface area (Å²) in [5, 5.41) is 3.25. The summed E-state index contributed by atoms with van der Waals surface area (Å²) in [6.07, 6.45) is 0. The van der Waals surface area contributed by atoms with Crippen LogP contribution >= 0.6 is 22.6 Å². The van der Waals surface area contributed by atoms with E-state index >= 15 is 0 Å². The minimum absolute atomic E-state index is 0.403. The standard InChI is InChI=1S/C16H17IN2O/c1-11-4-3-5-14(10-11)19-16(2,15(18)20)12-6-8-13(17)9-7-12/h3-10,19H,1-2H3,(H2,18,20). The molecular weight excluding hydrogens is 363 g/mol. The molecule has 0 bridgehead atoms. The summed E-state index contributed by atoms with van der Waals surface area (Å²) in [7, 11) is 0. The highest BCUT2D eigenvalue weighted by Gasteiger charge is 2.33. The molecule has 0 radical (unpaired) electrons. The van der Waals surface area contributed by atoms with E-state index in [1.165, 1.54) is 0 Å². The van der Waals surface area contributed by atoms with Crippen molar-refractivity contribution in [3.63, 3.8) is 0 Å². The molecule has 0 saturated heterocycles. The van der Waals surface area contributed by atoms with Gasteiger partial charge in [-0.15, -0.1) is 0 Å². The maximum absolute atomic E-state index is 12.0. The number of anilines is 1. The third kappa shape index (κ3) is 3.12. The number of amides is 1. The summed E-state index contributed by atoms with van der Waals surface area (Å²) < 4.78 is 1.12. The number of aryl methyl sites for hydroxylation is 1. The minimum Gasteiger partial charge on any atom is -0.368 e. The SMILES string of the molecule is Cc1cccc(NC(C)(C(N)=O)c2ccc(I)cc2)c1. The Hall–Kier alpha value is -1.56. The highest BCUT2D eigenvalue weighted by atomic mass is 127. The quantitative estimate of drug-likeness (QED) is 0.799. The Bertz CT molecular complexity index is 625. The number of rotatable bonds is 4. The fraction of sp³-hybridized carbons (Fsp3) is 0.188. The van der Waals surface area contributed by atoms with Crippen molar-refractivity contribution in [1.82, 2.24) is 0 Å². The first-order chi connectivity index (χ1) is 9.41. The van der Waals surface area contributed by atoms with E-state index in [9.17, 15) is 4.79 Å². The lowest BCUT2D eigenvalue weighted by Crippen LogP contribution is -2.45. The number of carbonyl (C=O) groups is 1. The molecule has 3 nitrogen and oxygen atoms in total. The monoisotopic (exact) mass is 380 g/mol. The molecule has 0 aliphatic heterocycles. The molecule has 20 heavy (non-hydrogen) atoms. The molecule has 0 saturated carbocycles. The Morgan fingerprint density at radius 3 is 2.40 bits per heavy atom. The molecule has 0 aliphatic rings. The summed E-state index contributed by atoms with van der Waals surface area (Å²) in [5.74, 6) is -0.403. The van der Waals surface area contributed by atoms with Gasteiger partial charge >= 0.3 is 0 Å². The normalized spacial score (nSPS) is 13.6. The largest absolute Gasteiger partial charge is 0.368 e. The molecular formula is C16H17IN2O. The Labute approximate surface area is 132 Å². The van der Waals surface area contributed by atoms with Gasteiger partial charge in [-0.05, 0) is 71.8 Å². The summed E-state index contributed by atoms with van der Waals surface area (Å²) in [4.78, 5) is 12.0. The van der Waals surface area contributed by atoms with Gasteiger partial charge in [0.15, 0.2) is 0 Å². The van der Waals surface area contributed by atoms with Crippen LogP contribution in [-0.2, 0) is 10.3 Å². The number of nitrogens with two attached hydrogens (primary N) is 1. The van der Waals surface area contributed by atoms with Crippen molar-refractivity contribution in [3.05, 3.63) is 63.2 Å². The highest BCUT2D eigenvalue weighted by molar-refractivity contribution is 14.1. The highest BCUT2D eigenvalue weighted by Crippen LogP contribution is 2.27. The van der Waals surface area contributed by atoms with Gasteiger partial charge in [0.1, 0.15) is 5.54 Å². The van der Waals surface area contributed by atoms with Crippen molar-refractivity contribution in [2.75, 3.05) is 5.32 Å². The number of nitrogens with one attached hydrogen (secondary N) is 1. The molecule has 0 aromatic heterocycles. The van der Waals surface area contributed by atoms with E-state index in [4.69, 9.17) is 5.73 Å². The van der Waals surface area contributed by atoms with Crippen LogP contribution in [0, 0.1) is 10.5 Å². The number of hydrogen-bond donors (Lipinski definition) is 2. The molecule has 2 aromatic rings. The Morgan fingerprint density at radius 2 is 1.85 bits per heavy atom. The van der Waals surface area contributed by atoms with Gasteiger partial charge in [0, 0.05) is 9.26 Å². The topological polar surface area (TPSA) is 55.1 Å². The lowest BCUT2D eigenvalue weighted by atomic mass is 9.91. The zero-order valence-electron chi connectivity index (χ0n) is 11.5. The van der Waals surface area contributed by atoms with Gasteiger partial charge < -0.3 is 11.1 Å². The van der Waals surface area contributed by atoms with Gasteiger partial charge in [-0.25, -0.2) is 0 Å². The van der Waals surface area contributed by atoms with E-state index in [0.29, 0.717) is 0 Å². The van der Waals surface area contributed by atoms with E-state index in [2.05, 4.69) is 27.9 Å². The van der Waals surface area contributed by atoms with Crippen molar-refractivity contribution in [2.24, 2.45) is 5.73 Å². The average Bonchev–Trinajstić information content (AvgIpc) is 2.39. The third-order valence-electron chi connectivity index (χ3n) is 3.33. The summed E-state index contributed by atoms with van der Waals surface area (Å²) in [5.41, 5.74) is 7.55. The minimum atomic E-state index is -0.932. The van der Waals surface area contributed by atoms with Gasteiger partial charge in [-0.1, -0.05) is 24.3 Å². The lowest BCUT2D eigenvalue weighted by Gasteiger charge is -2.29. The average molecular weight is 380 g/mol. The molecule has 1 amide bonds. The van der Waals surface area contributed by atoms with E-state index in [-0.39, 0.29) is 0 Å². The number of hydrogen-bond acceptors (Lipinski definition) is 2. The lowest BCUT2D eigenvalue weighted by molar-refractivity contribution is -0.122. The first kappa shape index (κ1) is 14.8. The molecule has 0 fully saturated rings. The second-order valence-corrected chi connectivity index (χ2v) is 6.24. The first-order valence-electron chi connectivity index (χ1n) is 6.32. The van der Waals surface area contributed by atoms with Crippen molar-refractivity contribution >= 4 is 34.2 Å². The maximum atomic E-state index is 12.0. The van der Waals surface area contributed by atoms with Crippen molar-refractivity contribution < 1.29 is 4.79 Å². The van der Waals surface area contributed by atoms with Crippen LogP contribution in [-0.4, -0.2) is 5.91 Å². The van der Waals surface area contributed by atoms with Crippen LogP contribution in [0.25, 0.3) is 0 Å². The maximum Gasteiger partial charge on any atom is 0.247 e. The van der Waals surface area contributed by atoms with Crippen molar-refractivity contribution in [2.45, 2.75) is 19.4 Å². The molecule has 2 rings (SSSR count). The fourth-order valence-electron chi connectivity index (χ4n) is 2.07. The number of carbonyl (C=O) groups excluding carboxylic acids is 1.